The molecule has 0 spiro atoms. The highest BCUT2D eigenvalue weighted by Gasteiger charge is 2.13. The molecule has 2 N–H and O–H groups in total. The lowest BCUT2D eigenvalue weighted by molar-refractivity contribution is -0.146. The predicted octanol–water partition coefficient (Wildman–Crippen LogP) is 2.15. The molecule has 2 amide bonds. The fourth-order valence-corrected chi connectivity index (χ4v) is 1.93. The van der Waals surface area contributed by atoms with Crippen molar-refractivity contribution in [1.82, 2.24) is 5.32 Å². The molecule has 1 aromatic heterocycles. The maximum atomic E-state index is 11.8. The van der Waals surface area contributed by atoms with E-state index in [-0.39, 0.29) is 12.3 Å². The van der Waals surface area contributed by atoms with Crippen LogP contribution in [0.2, 0.25) is 5.02 Å². The van der Waals surface area contributed by atoms with Gasteiger partial charge in [0, 0.05) is 10.7 Å². The van der Waals surface area contributed by atoms with Crippen molar-refractivity contribution in [3.8, 4) is 0 Å². The van der Waals surface area contributed by atoms with Gasteiger partial charge in [0.1, 0.15) is 6.54 Å². The Morgan fingerprint density at radius 3 is 2.75 bits per heavy atom. The maximum Gasteiger partial charge on any atom is 0.325 e. The number of hydrogen-bond donors (Lipinski definition) is 2. The third-order valence-electron chi connectivity index (χ3n) is 2.98. The quantitative estimate of drug-likeness (QED) is 0.778. The van der Waals surface area contributed by atoms with Crippen LogP contribution in [0.25, 0.3) is 0 Å². The highest BCUT2D eigenvalue weighted by Crippen LogP contribution is 2.19. The van der Waals surface area contributed by atoms with Crippen molar-refractivity contribution in [1.29, 1.82) is 0 Å². The number of anilines is 1. The number of nitrogens with one attached hydrogen (secondary N) is 2. The summed E-state index contributed by atoms with van der Waals surface area (Å²) in [5.74, 6) is -1.72. The van der Waals surface area contributed by atoms with E-state index in [0.29, 0.717) is 10.7 Å². The average Bonchev–Trinajstić information content (AvgIpc) is 3.08. The van der Waals surface area contributed by atoms with Gasteiger partial charge < -0.3 is 19.8 Å². The molecule has 0 aliphatic heterocycles. The number of carbonyl (C=O) groups is 3. The van der Waals surface area contributed by atoms with E-state index >= 15 is 0 Å². The van der Waals surface area contributed by atoms with Crippen molar-refractivity contribution in [3.05, 3.63) is 52.9 Å². The van der Waals surface area contributed by atoms with Crippen LogP contribution in [-0.2, 0) is 14.3 Å². The summed E-state index contributed by atoms with van der Waals surface area (Å²) in [5, 5.41) is 5.39. The van der Waals surface area contributed by atoms with Crippen molar-refractivity contribution < 1.29 is 23.5 Å². The molecular weight excluding hydrogens is 336 g/mol. The zero-order valence-electron chi connectivity index (χ0n) is 12.8. The lowest BCUT2D eigenvalue weighted by atomic mass is 10.2. The van der Waals surface area contributed by atoms with E-state index in [9.17, 15) is 14.4 Å². The molecule has 7 nitrogen and oxygen atoms in total. The molecule has 0 bridgehead atoms. The fraction of sp³-hybridized carbons (Fsp3) is 0.188. The number of benzene rings is 1. The molecule has 24 heavy (non-hydrogen) atoms. The molecule has 0 saturated carbocycles. The number of esters is 1. The van der Waals surface area contributed by atoms with Crippen LogP contribution in [0.3, 0.4) is 0 Å². The first kappa shape index (κ1) is 17.6. The normalized spacial score (nSPS) is 10.1. The number of aryl methyl sites for hydroxylation is 1. The van der Waals surface area contributed by atoms with Crippen LogP contribution < -0.4 is 10.6 Å². The Labute approximate surface area is 142 Å². The minimum absolute atomic E-state index is 0.0805. The Balaban J connectivity index is 1.74. The molecule has 0 atom stereocenters. The molecule has 8 heteroatoms. The van der Waals surface area contributed by atoms with Crippen molar-refractivity contribution in [2.45, 2.75) is 6.92 Å². The summed E-state index contributed by atoms with van der Waals surface area (Å²) in [4.78, 5) is 34.9. The van der Waals surface area contributed by atoms with Crippen LogP contribution in [-0.4, -0.2) is 30.9 Å². The van der Waals surface area contributed by atoms with E-state index in [1.807, 2.05) is 6.92 Å². The summed E-state index contributed by atoms with van der Waals surface area (Å²) >= 11 is 5.86. The van der Waals surface area contributed by atoms with Crippen molar-refractivity contribution in [2.75, 3.05) is 18.5 Å². The van der Waals surface area contributed by atoms with E-state index in [4.69, 9.17) is 20.8 Å². The summed E-state index contributed by atoms with van der Waals surface area (Å²) in [6.07, 6.45) is 1.34. The molecular formula is C16H15ClN2O5. The van der Waals surface area contributed by atoms with Gasteiger partial charge in [-0.25, -0.2) is 0 Å². The zero-order chi connectivity index (χ0) is 17.5. The topological polar surface area (TPSA) is 97.6 Å². The van der Waals surface area contributed by atoms with E-state index in [1.54, 1.807) is 24.3 Å². The number of hydrogen-bond acceptors (Lipinski definition) is 5. The van der Waals surface area contributed by atoms with Gasteiger partial charge in [-0.2, -0.15) is 0 Å². The van der Waals surface area contributed by atoms with Gasteiger partial charge >= 0.3 is 5.97 Å². The summed E-state index contributed by atoms with van der Waals surface area (Å²) in [5.41, 5.74) is 1.36. The molecule has 0 unspecified atom stereocenters. The molecule has 1 heterocycles. The highest BCUT2D eigenvalue weighted by molar-refractivity contribution is 6.31. The first-order chi connectivity index (χ1) is 11.5. The molecule has 0 aliphatic rings. The number of ether oxygens (including phenoxy) is 1. The molecule has 2 rings (SSSR count). The van der Waals surface area contributed by atoms with E-state index in [0.717, 1.165) is 5.56 Å². The lowest BCUT2D eigenvalue weighted by Crippen LogP contribution is -2.32. The van der Waals surface area contributed by atoms with Crippen LogP contribution in [0.1, 0.15) is 16.1 Å². The minimum atomic E-state index is -0.743. The Morgan fingerprint density at radius 1 is 1.25 bits per heavy atom. The molecule has 0 fully saturated rings. The van der Waals surface area contributed by atoms with E-state index in [1.165, 1.54) is 12.3 Å². The summed E-state index contributed by atoms with van der Waals surface area (Å²) < 4.78 is 9.66. The predicted molar refractivity (Wildman–Crippen MR) is 86.8 cm³/mol. The fourth-order valence-electron chi connectivity index (χ4n) is 1.76. The van der Waals surface area contributed by atoms with Gasteiger partial charge in [-0.05, 0) is 36.8 Å². The van der Waals surface area contributed by atoms with Gasteiger partial charge in [-0.1, -0.05) is 17.7 Å². The van der Waals surface area contributed by atoms with Crippen LogP contribution in [0.4, 0.5) is 5.69 Å². The molecule has 0 saturated heterocycles. The van der Waals surface area contributed by atoms with Gasteiger partial charge in [-0.15, -0.1) is 0 Å². The van der Waals surface area contributed by atoms with Gasteiger partial charge in [0.25, 0.3) is 11.8 Å². The van der Waals surface area contributed by atoms with Gasteiger partial charge in [0.2, 0.25) is 0 Å². The van der Waals surface area contributed by atoms with Crippen molar-refractivity contribution in [3.63, 3.8) is 0 Å². The minimum Gasteiger partial charge on any atom is -0.459 e. The second-order valence-electron chi connectivity index (χ2n) is 4.83. The molecule has 0 aliphatic carbocycles. The number of carbonyl (C=O) groups excluding carboxylic acids is 3. The Bertz CT molecular complexity index is 743. The Kier molecular flexibility index (Phi) is 5.97. The standard InChI is InChI=1S/C16H15ClN2O5/c1-10-4-5-11(17)7-12(10)19-14(20)9-24-15(21)8-18-16(22)13-3-2-6-23-13/h2-7H,8-9H2,1H3,(H,18,22)(H,19,20). The summed E-state index contributed by atoms with van der Waals surface area (Å²) in [6.45, 7) is 0.965. The summed E-state index contributed by atoms with van der Waals surface area (Å²) in [7, 11) is 0. The number of amides is 2. The molecule has 126 valence electrons. The molecule has 1 aromatic carbocycles. The SMILES string of the molecule is Cc1ccc(Cl)cc1NC(=O)COC(=O)CNC(=O)c1ccco1. The second kappa shape index (κ2) is 8.16. The monoisotopic (exact) mass is 350 g/mol. The third-order valence-corrected chi connectivity index (χ3v) is 3.21. The Morgan fingerprint density at radius 2 is 2.04 bits per heavy atom. The largest absolute Gasteiger partial charge is 0.459 e. The zero-order valence-corrected chi connectivity index (χ0v) is 13.6. The van der Waals surface area contributed by atoms with Crippen LogP contribution >= 0.6 is 11.6 Å². The molecule has 0 radical (unpaired) electrons. The maximum absolute atomic E-state index is 11.8. The van der Waals surface area contributed by atoms with E-state index in [2.05, 4.69) is 10.6 Å². The van der Waals surface area contributed by atoms with Crippen LogP contribution in [0.5, 0.6) is 0 Å². The first-order valence-electron chi connectivity index (χ1n) is 6.99. The second-order valence-corrected chi connectivity index (χ2v) is 5.26. The lowest BCUT2D eigenvalue weighted by Gasteiger charge is -2.09. The average molecular weight is 351 g/mol. The Hall–Kier alpha value is -2.80. The van der Waals surface area contributed by atoms with Gasteiger partial charge in [0.15, 0.2) is 12.4 Å². The number of halogens is 1. The third kappa shape index (κ3) is 5.13. The number of furan rings is 1. The highest BCUT2D eigenvalue weighted by atomic mass is 35.5. The first-order valence-corrected chi connectivity index (χ1v) is 7.37. The number of rotatable bonds is 6. The molecule has 2 aromatic rings. The van der Waals surface area contributed by atoms with Crippen LogP contribution in [0.15, 0.2) is 41.0 Å². The van der Waals surface area contributed by atoms with Gasteiger partial charge in [0.05, 0.1) is 6.26 Å². The van der Waals surface area contributed by atoms with E-state index < -0.39 is 24.4 Å². The van der Waals surface area contributed by atoms with Crippen molar-refractivity contribution >= 4 is 35.1 Å². The van der Waals surface area contributed by atoms with Crippen LogP contribution in [0, 0.1) is 6.92 Å². The van der Waals surface area contributed by atoms with Gasteiger partial charge in [-0.3, -0.25) is 14.4 Å². The summed E-state index contributed by atoms with van der Waals surface area (Å²) in [6, 6.07) is 8.07. The smallest absolute Gasteiger partial charge is 0.325 e. The van der Waals surface area contributed by atoms with Crippen molar-refractivity contribution in [2.24, 2.45) is 0 Å².